The number of carboxylic acids is 1. The van der Waals surface area contributed by atoms with E-state index >= 15 is 0 Å². The average Bonchev–Trinajstić information content (AvgIpc) is 2.55. The number of carbonyl (C=O) groups excluding carboxylic acids is 1. The van der Waals surface area contributed by atoms with Crippen LogP contribution in [0.25, 0.3) is 0 Å². The maximum atomic E-state index is 11.5. The average molecular weight is 233 g/mol. The van der Waals surface area contributed by atoms with Crippen LogP contribution >= 0.6 is 12.6 Å². The Bertz CT molecular complexity index is 258. The van der Waals surface area contributed by atoms with Crippen LogP contribution in [-0.4, -0.2) is 51.9 Å². The predicted octanol–water partition coefficient (Wildman–Crippen LogP) is -0.400. The first-order chi connectivity index (χ1) is 7.10. The largest absolute Gasteiger partial charge is 0.480 e. The van der Waals surface area contributed by atoms with Gasteiger partial charge in [-0.3, -0.25) is 4.79 Å². The third-order valence-corrected chi connectivity index (χ3v) is 3.08. The van der Waals surface area contributed by atoms with Crippen molar-refractivity contribution in [2.24, 2.45) is 5.92 Å². The van der Waals surface area contributed by atoms with Gasteiger partial charge in [0.25, 0.3) is 0 Å². The number of likely N-dealkylation sites (tertiary alicyclic amines) is 1. The van der Waals surface area contributed by atoms with Crippen molar-refractivity contribution in [3.63, 3.8) is 0 Å². The molecule has 1 aliphatic heterocycles. The van der Waals surface area contributed by atoms with E-state index in [0.717, 1.165) is 0 Å². The molecule has 0 aromatic rings. The van der Waals surface area contributed by atoms with Crippen molar-refractivity contribution in [1.82, 2.24) is 4.90 Å². The van der Waals surface area contributed by atoms with E-state index < -0.39 is 12.0 Å². The Labute approximate surface area is 93.5 Å². The third kappa shape index (κ3) is 2.85. The Balaban J connectivity index is 2.68. The van der Waals surface area contributed by atoms with Crippen molar-refractivity contribution in [3.8, 4) is 0 Å². The molecule has 0 spiro atoms. The molecule has 1 amide bonds. The van der Waals surface area contributed by atoms with Gasteiger partial charge >= 0.3 is 5.97 Å². The molecule has 1 rings (SSSR count). The van der Waals surface area contributed by atoms with Crippen LogP contribution in [0.1, 0.15) is 12.8 Å². The minimum Gasteiger partial charge on any atom is -0.480 e. The molecule has 1 unspecified atom stereocenters. The Morgan fingerprint density at radius 1 is 1.67 bits per heavy atom. The van der Waals surface area contributed by atoms with Gasteiger partial charge in [0.1, 0.15) is 6.04 Å². The fourth-order valence-electron chi connectivity index (χ4n) is 1.77. The SMILES string of the molecule is O=C(O)[C@H](CCO)N1CC(CS)CC1=O. The van der Waals surface area contributed by atoms with E-state index in [1.807, 2.05) is 0 Å². The third-order valence-electron chi connectivity index (χ3n) is 2.56. The molecule has 6 heteroatoms. The molecule has 86 valence electrons. The lowest BCUT2D eigenvalue weighted by Crippen LogP contribution is -2.42. The molecule has 0 aliphatic carbocycles. The number of nitrogens with zero attached hydrogens (tertiary/aromatic N) is 1. The highest BCUT2D eigenvalue weighted by atomic mass is 32.1. The molecule has 1 saturated heterocycles. The minimum atomic E-state index is -1.06. The molecular formula is C9H15NO4S. The number of aliphatic carboxylic acids is 1. The van der Waals surface area contributed by atoms with Crippen molar-refractivity contribution >= 4 is 24.5 Å². The molecule has 1 aliphatic rings. The van der Waals surface area contributed by atoms with Crippen LogP contribution in [0.15, 0.2) is 0 Å². The van der Waals surface area contributed by atoms with Gasteiger partial charge in [-0.1, -0.05) is 0 Å². The van der Waals surface area contributed by atoms with Crippen LogP contribution in [-0.2, 0) is 9.59 Å². The summed E-state index contributed by atoms with van der Waals surface area (Å²) < 4.78 is 0. The second-order valence-corrected chi connectivity index (χ2v) is 4.03. The van der Waals surface area contributed by atoms with E-state index in [9.17, 15) is 9.59 Å². The standard InChI is InChI=1S/C9H15NO4S/c11-2-1-7(9(13)14)10-4-6(5-15)3-8(10)12/h6-7,11,15H,1-5H2,(H,13,14)/t6?,7-/m0/s1. The second-order valence-electron chi connectivity index (χ2n) is 3.67. The molecule has 2 atom stereocenters. The second kappa shape index (κ2) is 5.37. The zero-order valence-corrected chi connectivity index (χ0v) is 9.19. The fourth-order valence-corrected chi connectivity index (χ4v) is 2.01. The van der Waals surface area contributed by atoms with E-state index in [1.54, 1.807) is 0 Å². The van der Waals surface area contributed by atoms with Gasteiger partial charge in [-0.15, -0.1) is 0 Å². The monoisotopic (exact) mass is 233 g/mol. The number of thiol groups is 1. The van der Waals surface area contributed by atoms with Crippen LogP contribution in [0.3, 0.4) is 0 Å². The first-order valence-corrected chi connectivity index (χ1v) is 5.47. The van der Waals surface area contributed by atoms with Crippen LogP contribution in [0, 0.1) is 5.92 Å². The normalized spacial score (nSPS) is 23.2. The lowest BCUT2D eigenvalue weighted by Gasteiger charge is -2.23. The van der Waals surface area contributed by atoms with Crippen LogP contribution in [0.4, 0.5) is 0 Å². The molecule has 0 saturated carbocycles. The van der Waals surface area contributed by atoms with Crippen molar-refractivity contribution in [2.45, 2.75) is 18.9 Å². The van der Waals surface area contributed by atoms with Crippen molar-refractivity contribution < 1.29 is 19.8 Å². The fraction of sp³-hybridized carbons (Fsp3) is 0.778. The summed E-state index contributed by atoms with van der Waals surface area (Å²) in [5.41, 5.74) is 0. The number of hydrogen-bond acceptors (Lipinski definition) is 4. The quantitative estimate of drug-likeness (QED) is 0.565. The number of carboxylic acid groups (broad SMARTS) is 1. The number of aliphatic hydroxyl groups excluding tert-OH is 1. The zero-order chi connectivity index (χ0) is 11.4. The predicted molar refractivity (Wildman–Crippen MR) is 56.8 cm³/mol. The summed E-state index contributed by atoms with van der Waals surface area (Å²) in [5, 5.41) is 17.7. The minimum absolute atomic E-state index is 0.0837. The lowest BCUT2D eigenvalue weighted by atomic mass is 10.1. The lowest BCUT2D eigenvalue weighted by molar-refractivity contribution is -0.148. The summed E-state index contributed by atoms with van der Waals surface area (Å²) in [6, 6.07) is -0.896. The Morgan fingerprint density at radius 3 is 2.73 bits per heavy atom. The number of aliphatic hydroxyl groups is 1. The number of amides is 1. The molecule has 0 radical (unpaired) electrons. The van der Waals surface area contributed by atoms with Gasteiger partial charge in [-0.05, 0) is 11.7 Å². The van der Waals surface area contributed by atoms with Crippen molar-refractivity contribution in [2.75, 3.05) is 18.9 Å². The van der Waals surface area contributed by atoms with Gasteiger partial charge in [-0.2, -0.15) is 12.6 Å². The molecule has 0 bridgehead atoms. The van der Waals surface area contributed by atoms with Crippen LogP contribution in [0.5, 0.6) is 0 Å². The maximum Gasteiger partial charge on any atom is 0.326 e. The summed E-state index contributed by atoms with van der Waals surface area (Å²) >= 11 is 4.09. The van der Waals surface area contributed by atoms with E-state index in [-0.39, 0.29) is 24.9 Å². The van der Waals surface area contributed by atoms with Gasteiger partial charge in [0.2, 0.25) is 5.91 Å². The molecular weight excluding hydrogens is 218 g/mol. The van der Waals surface area contributed by atoms with Crippen LogP contribution in [0.2, 0.25) is 0 Å². The molecule has 0 aromatic carbocycles. The number of rotatable bonds is 5. The summed E-state index contributed by atoms with van der Waals surface area (Å²) in [4.78, 5) is 23.7. The highest BCUT2D eigenvalue weighted by Crippen LogP contribution is 2.22. The Kier molecular flexibility index (Phi) is 4.41. The number of hydrogen-bond donors (Lipinski definition) is 3. The molecule has 0 aromatic heterocycles. The van der Waals surface area contributed by atoms with E-state index in [0.29, 0.717) is 18.7 Å². The highest BCUT2D eigenvalue weighted by Gasteiger charge is 2.36. The molecule has 1 heterocycles. The number of carbonyl (C=O) groups is 2. The van der Waals surface area contributed by atoms with E-state index in [1.165, 1.54) is 4.90 Å². The summed E-state index contributed by atoms with van der Waals surface area (Å²) in [6.07, 6.45) is 0.444. The highest BCUT2D eigenvalue weighted by molar-refractivity contribution is 7.80. The van der Waals surface area contributed by atoms with Gasteiger partial charge in [0.15, 0.2) is 0 Å². The van der Waals surface area contributed by atoms with Gasteiger partial charge in [-0.25, -0.2) is 4.79 Å². The topological polar surface area (TPSA) is 77.8 Å². The Hall–Kier alpha value is -0.750. The van der Waals surface area contributed by atoms with Gasteiger partial charge < -0.3 is 15.1 Å². The molecule has 2 N–H and O–H groups in total. The maximum absolute atomic E-state index is 11.5. The van der Waals surface area contributed by atoms with Crippen molar-refractivity contribution in [1.29, 1.82) is 0 Å². The zero-order valence-electron chi connectivity index (χ0n) is 8.30. The summed E-state index contributed by atoms with van der Waals surface area (Å²) in [5.74, 6) is -0.512. The van der Waals surface area contributed by atoms with Crippen molar-refractivity contribution in [3.05, 3.63) is 0 Å². The molecule has 1 fully saturated rings. The van der Waals surface area contributed by atoms with Crippen LogP contribution < -0.4 is 0 Å². The van der Waals surface area contributed by atoms with Gasteiger partial charge in [0, 0.05) is 26.0 Å². The van der Waals surface area contributed by atoms with Gasteiger partial charge in [0.05, 0.1) is 0 Å². The molecule has 5 nitrogen and oxygen atoms in total. The smallest absolute Gasteiger partial charge is 0.326 e. The first-order valence-electron chi connectivity index (χ1n) is 4.84. The van der Waals surface area contributed by atoms with E-state index in [4.69, 9.17) is 10.2 Å². The molecule has 15 heavy (non-hydrogen) atoms. The summed E-state index contributed by atoms with van der Waals surface area (Å²) in [7, 11) is 0. The van der Waals surface area contributed by atoms with E-state index in [2.05, 4.69) is 12.6 Å². The Morgan fingerprint density at radius 2 is 2.33 bits per heavy atom. The summed E-state index contributed by atoms with van der Waals surface area (Å²) in [6.45, 7) is 0.200. The first kappa shape index (κ1) is 12.3.